The van der Waals surface area contributed by atoms with Crippen molar-refractivity contribution in [3.63, 3.8) is 0 Å². The molecule has 1 fully saturated rings. The van der Waals surface area contributed by atoms with Crippen LogP contribution in [-0.4, -0.2) is 24.5 Å². The summed E-state index contributed by atoms with van der Waals surface area (Å²) in [5, 5.41) is 2.92. The van der Waals surface area contributed by atoms with Gasteiger partial charge in [0.05, 0.1) is 13.0 Å². The molecule has 0 aromatic heterocycles. The number of amides is 1. The van der Waals surface area contributed by atoms with Gasteiger partial charge in [0.1, 0.15) is 5.82 Å². The molecule has 1 heterocycles. The normalized spacial score (nSPS) is 22.7. The first kappa shape index (κ1) is 15.5. The van der Waals surface area contributed by atoms with E-state index in [4.69, 9.17) is 4.74 Å². The Morgan fingerprint density at radius 3 is 2.71 bits per heavy atom. The molecule has 114 valence electrons. The van der Waals surface area contributed by atoms with E-state index in [2.05, 4.69) is 5.32 Å². The van der Waals surface area contributed by atoms with Gasteiger partial charge in [0.25, 0.3) is 0 Å². The van der Waals surface area contributed by atoms with Gasteiger partial charge in [-0.2, -0.15) is 0 Å². The van der Waals surface area contributed by atoms with Crippen molar-refractivity contribution < 1.29 is 18.7 Å². The molecule has 0 saturated carbocycles. The highest BCUT2D eigenvalue weighted by molar-refractivity contribution is 5.80. The minimum Gasteiger partial charge on any atom is -0.466 e. The molecule has 3 unspecified atom stereocenters. The summed E-state index contributed by atoms with van der Waals surface area (Å²) in [6, 6.07) is 6.05. The van der Waals surface area contributed by atoms with Gasteiger partial charge in [-0.15, -0.1) is 0 Å². The first-order chi connectivity index (χ1) is 10.0. The number of rotatable bonds is 5. The lowest BCUT2D eigenvalue weighted by Crippen LogP contribution is -2.35. The lowest BCUT2D eigenvalue weighted by atomic mass is 9.84. The van der Waals surface area contributed by atoms with Crippen LogP contribution in [0.1, 0.15) is 38.2 Å². The fourth-order valence-electron chi connectivity index (χ4n) is 2.86. The van der Waals surface area contributed by atoms with E-state index < -0.39 is 0 Å². The van der Waals surface area contributed by atoms with E-state index in [0.717, 1.165) is 5.56 Å². The summed E-state index contributed by atoms with van der Waals surface area (Å²) in [6.07, 6.45) is 0.625. The van der Waals surface area contributed by atoms with E-state index in [9.17, 15) is 14.0 Å². The zero-order valence-electron chi connectivity index (χ0n) is 12.3. The molecule has 21 heavy (non-hydrogen) atoms. The monoisotopic (exact) mass is 293 g/mol. The van der Waals surface area contributed by atoms with Gasteiger partial charge < -0.3 is 10.1 Å². The Labute approximate surface area is 123 Å². The maximum Gasteiger partial charge on any atom is 0.306 e. The molecule has 0 spiro atoms. The molecule has 1 aliphatic heterocycles. The minimum atomic E-state index is -0.299. The second-order valence-corrected chi connectivity index (χ2v) is 5.44. The second kappa shape index (κ2) is 6.70. The molecule has 3 atom stereocenters. The van der Waals surface area contributed by atoms with Gasteiger partial charge in [-0.3, -0.25) is 9.59 Å². The number of carbonyl (C=O) groups excluding carboxylic acids is 2. The number of carbonyl (C=O) groups is 2. The van der Waals surface area contributed by atoms with Crippen LogP contribution in [0.5, 0.6) is 0 Å². The average Bonchev–Trinajstić information content (AvgIpc) is 2.82. The minimum absolute atomic E-state index is 0.0365. The third-order valence-electron chi connectivity index (χ3n) is 3.87. The largest absolute Gasteiger partial charge is 0.466 e. The van der Waals surface area contributed by atoms with Crippen LogP contribution in [0, 0.1) is 11.7 Å². The van der Waals surface area contributed by atoms with Crippen molar-refractivity contribution in [1.29, 1.82) is 0 Å². The fraction of sp³-hybridized carbons (Fsp3) is 0.500. The summed E-state index contributed by atoms with van der Waals surface area (Å²) in [6.45, 7) is 4.04. The number of benzene rings is 1. The van der Waals surface area contributed by atoms with Crippen LogP contribution in [0.15, 0.2) is 24.3 Å². The summed E-state index contributed by atoms with van der Waals surface area (Å²) in [7, 11) is 0. The van der Waals surface area contributed by atoms with Crippen LogP contribution in [0.25, 0.3) is 0 Å². The number of ether oxygens (including phenoxy) is 1. The van der Waals surface area contributed by atoms with Crippen molar-refractivity contribution in [2.45, 2.75) is 38.6 Å². The van der Waals surface area contributed by atoms with Gasteiger partial charge >= 0.3 is 5.97 Å². The van der Waals surface area contributed by atoms with Crippen molar-refractivity contribution in [2.75, 3.05) is 6.61 Å². The van der Waals surface area contributed by atoms with Gasteiger partial charge in [-0.25, -0.2) is 4.39 Å². The van der Waals surface area contributed by atoms with Crippen LogP contribution < -0.4 is 5.32 Å². The van der Waals surface area contributed by atoms with Gasteiger partial charge in [0.2, 0.25) is 5.91 Å². The second-order valence-electron chi connectivity index (χ2n) is 5.44. The Kier molecular flexibility index (Phi) is 4.94. The Hall–Kier alpha value is -1.91. The van der Waals surface area contributed by atoms with E-state index >= 15 is 0 Å². The smallest absolute Gasteiger partial charge is 0.306 e. The van der Waals surface area contributed by atoms with E-state index in [-0.39, 0.29) is 42.0 Å². The van der Waals surface area contributed by atoms with Gasteiger partial charge in [0, 0.05) is 18.4 Å². The highest BCUT2D eigenvalue weighted by Gasteiger charge is 2.37. The van der Waals surface area contributed by atoms with Gasteiger partial charge in [-0.05, 0) is 30.5 Å². The molecule has 1 amide bonds. The lowest BCUT2D eigenvalue weighted by molar-refractivity contribution is -0.144. The predicted molar refractivity (Wildman–Crippen MR) is 76.1 cm³/mol. The maximum absolute atomic E-state index is 13.0. The molecule has 0 aliphatic carbocycles. The van der Waals surface area contributed by atoms with Crippen molar-refractivity contribution in [3.8, 4) is 0 Å². The first-order valence-corrected chi connectivity index (χ1v) is 7.21. The standard InChI is InChI=1S/C16H20FNO3/c1-3-21-15(20)8-10(2)16-13(9-14(19)18-16)11-4-6-12(17)7-5-11/h4-7,10,13,16H,3,8-9H2,1-2H3,(H,18,19). The van der Waals surface area contributed by atoms with Crippen molar-refractivity contribution in [2.24, 2.45) is 5.92 Å². The highest BCUT2D eigenvalue weighted by Crippen LogP contribution is 2.33. The van der Waals surface area contributed by atoms with Crippen molar-refractivity contribution in [1.82, 2.24) is 5.32 Å². The van der Waals surface area contributed by atoms with Crippen LogP contribution >= 0.6 is 0 Å². The molecule has 0 radical (unpaired) electrons. The number of esters is 1. The molecule has 1 saturated heterocycles. The van der Waals surface area contributed by atoms with Crippen molar-refractivity contribution >= 4 is 11.9 Å². The van der Waals surface area contributed by atoms with E-state index in [1.807, 2.05) is 6.92 Å². The van der Waals surface area contributed by atoms with E-state index in [1.54, 1.807) is 19.1 Å². The SMILES string of the molecule is CCOC(=O)CC(C)C1NC(=O)CC1c1ccc(F)cc1. The molecule has 1 N–H and O–H groups in total. The topological polar surface area (TPSA) is 55.4 Å². The lowest BCUT2D eigenvalue weighted by Gasteiger charge is -2.25. The highest BCUT2D eigenvalue weighted by atomic mass is 19.1. The third kappa shape index (κ3) is 3.80. The molecule has 2 rings (SSSR count). The van der Waals surface area contributed by atoms with E-state index in [0.29, 0.717) is 13.0 Å². The van der Waals surface area contributed by atoms with Crippen molar-refractivity contribution in [3.05, 3.63) is 35.6 Å². The Bertz CT molecular complexity index is 515. The molecular formula is C16H20FNO3. The summed E-state index contributed by atoms with van der Waals surface area (Å²) >= 11 is 0. The molecular weight excluding hydrogens is 273 g/mol. The number of hydrogen-bond donors (Lipinski definition) is 1. The molecule has 1 aliphatic rings. The van der Waals surface area contributed by atoms with Crippen LogP contribution in [0.2, 0.25) is 0 Å². The number of nitrogens with one attached hydrogen (secondary N) is 1. The zero-order chi connectivity index (χ0) is 15.4. The van der Waals surface area contributed by atoms with Crippen LogP contribution in [-0.2, 0) is 14.3 Å². The summed E-state index contributed by atoms with van der Waals surface area (Å²) in [4.78, 5) is 23.3. The molecule has 1 aromatic rings. The Morgan fingerprint density at radius 2 is 2.10 bits per heavy atom. The van der Waals surface area contributed by atoms with E-state index in [1.165, 1.54) is 12.1 Å². The average molecular weight is 293 g/mol. The van der Waals surface area contributed by atoms with Gasteiger partial charge in [0.15, 0.2) is 0 Å². The summed E-state index contributed by atoms with van der Waals surface area (Å²) in [5.41, 5.74) is 0.912. The molecule has 0 bridgehead atoms. The van der Waals surface area contributed by atoms with Crippen LogP contribution in [0.3, 0.4) is 0 Å². The first-order valence-electron chi connectivity index (χ1n) is 7.21. The summed E-state index contributed by atoms with van der Waals surface area (Å²) in [5.74, 6) is -0.672. The molecule has 5 heteroatoms. The van der Waals surface area contributed by atoms with Gasteiger partial charge in [-0.1, -0.05) is 19.1 Å². The third-order valence-corrected chi connectivity index (χ3v) is 3.87. The Morgan fingerprint density at radius 1 is 1.43 bits per heavy atom. The summed E-state index contributed by atoms with van der Waals surface area (Å²) < 4.78 is 18.0. The molecule has 4 nitrogen and oxygen atoms in total. The predicted octanol–water partition coefficient (Wildman–Crippen LogP) is 2.39. The number of halogens is 1. The van der Waals surface area contributed by atoms with Crippen LogP contribution in [0.4, 0.5) is 4.39 Å². The fourth-order valence-corrected chi connectivity index (χ4v) is 2.86. The molecule has 1 aromatic carbocycles. The maximum atomic E-state index is 13.0. The number of hydrogen-bond acceptors (Lipinski definition) is 3. The quantitative estimate of drug-likeness (QED) is 0.848. The Balaban J connectivity index is 2.10. The zero-order valence-corrected chi connectivity index (χ0v) is 12.3.